The molecule has 78 valence electrons. The van der Waals surface area contributed by atoms with Gasteiger partial charge in [-0.2, -0.15) is 0 Å². The highest BCUT2D eigenvalue weighted by atomic mass is 32.1. The summed E-state index contributed by atoms with van der Waals surface area (Å²) in [5.41, 5.74) is 1.38. The first-order valence-corrected chi connectivity index (χ1v) is 6.06. The second-order valence-electron chi connectivity index (χ2n) is 3.81. The monoisotopic (exact) mass is 210 g/mol. The third-order valence-corrected chi connectivity index (χ3v) is 3.79. The zero-order chi connectivity index (χ0) is 10.6. The minimum atomic E-state index is 0.303. The van der Waals surface area contributed by atoms with Crippen molar-refractivity contribution < 1.29 is 4.79 Å². The number of ketones is 1. The Hall–Kier alpha value is -0.630. The Bertz CT molecular complexity index is 301. The first-order chi connectivity index (χ1) is 6.65. The standard InChI is InChI=1S/C12H18OS/c1-4-11(6-5-10(3)13)12-9(2)7-8-14-12/h7-8,11H,4-6H2,1-3H3. The highest BCUT2D eigenvalue weighted by molar-refractivity contribution is 7.10. The average molecular weight is 210 g/mol. The van der Waals surface area contributed by atoms with Gasteiger partial charge in [-0.05, 0) is 49.6 Å². The number of hydrogen-bond donors (Lipinski definition) is 0. The molecule has 0 aliphatic heterocycles. The van der Waals surface area contributed by atoms with E-state index in [1.807, 2.05) is 11.3 Å². The molecule has 1 nitrogen and oxygen atoms in total. The van der Waals surface area contributed by atoms with Crippen LogP contribution in [0.25, 0.3) is 0 Å². The van der Waals surface area contributed by atoms with E-state index in [0.717, 1.165) is 19.3 Å². The summed E-state index contributed by atoms with van der Waals surface area (Å²) in [6.07, 6.45) is 2.86. The molecule has 2 heteroatoms. The molecule has 0 radical (unpaired) electrons. The van der Waals surface area contributed by atoms with Crippen molar-refractivity contribution >= 4 is 17.1 Å². The van der Waals surface area contributed by atoms with Gasteiger partial charge in [0.15, 0.2) is 0 Å². The summed E-state index contributed by atoms with van der Waals surface area (Å²) in [5, 5.41) is 2.14. The van der Waals surface area contributed by atoms with Crippen molar-refractivity contribution in [1.82, 2.24) is 0 Å². The number of carbonyl (C=O) groups is 1. The van der Waals surface area contributed by atoms with Crippen LogP contribution in [0, 0.1) is 6.92 Å². The lowest BCUT2D eigenvalue weighted by Crippen LogP contribution is -2.00. The van der Waals surface area contributed by atoms with Gasteiger partial charge >= 0.3 is 0 Å². The van der Waals surface area contributed by atoms with Crippen LogP contribution < -0.4 is 0 Å². The molecule has 0 N–H and O–H groups in total. The van der Waals surface area contributed by atoms with E-state index < -0.39 is 0 Å². The Labute approximate surface area is 90.2 Å². The molecule has 1 heterocycles. The molecule has 1 rings (SSSR count). The van der Waals surface area contributed by atoms with E-state index in [2.05, 4.69) is 25.3 Å². The molecular formula is C12H18OS. The first-order valence-electron chi connectivity index (χ1n) is 5.18. The fourth-order valence-electron chi connectivity index (χ4n) is 1.70. The number of Topliss-reactive ketones (excluding diaryl/α,β-unsaturated/α-hetero) is 1. The van der Waals surface area contributed by atoms with Gasteiger partial charge in [0.1, 0.15) is 5.78 Å². The number of rotatable bonds is 5. The predicted octanol–water partition coefficient (Wildman–Crippen LogP) is 3.92. The van der Waals surface area contributed by atoms with E-state index in [-0.39, 0.29) is 0 Å². The summed E-state index contributed by atoms with van der Waals surface area (Å²) in [6, 6.07) is 2.16. The maximum Gasteiger partial charge on any atom is 0.129 e. The molecule has 0 amide bonds. The molecule has 0 saturated heterocycles. The van der Waals surface area contributed by atoms with E-state index >= 15 is 0 Å². The molecular weight excluding hydrogens is 192 g/mol. The number of carbonyl (C=O) groups excluding carboxylic acids is 1. The van der Waals surface area contributed by atoms with E-state index in [9.17, 15) is 4.79 Å². The van der Waals surface area contributed by atoms with Crippen LogP contribution in [0.2, 0.25) is 0 Å². The molecule has 0 aliphatic rings. The van der Waals surface area contributed by atoms with Crippen molar-refractivity contribution in [3.63, 3.8) is 0 Å². The molecule has 1 aromatic heterocycles. The number of aryl methyl sites for hydroxylation is 1. The number of hydrogen-bond acceptors (Lipinski definition) is 2. The Morgan fingerprint density at radius 2 is 2.29 bits per heavy atom. The topological polar surface area (TPSA) is 17.1 Å². The largest absolute Gasteiger partial charge is 0.300 e. The van der Waals surface area contributed by atoms with Crippen LogP contribution in [0.5, 0.6) is 0 Å². The first kappa shape index (κ1) is 11.4. The predicted molar refractivity (Wildman–Crippen MR) is 62.0 cm³/mol. The van der Waals surface area contributed by atoms with Gasteiger partial charge in [-0.25, -0.2) is 0 Å². The minimum absolute atomic E-state index is 0.303. The van der Waals surface area contributed by atoms with Gasteiger partial charge < -0.3 is 4.79 Å². The van der Waals surface area contributed by atoms with Crippen LogP contribution in [0.1, 0.15) is 49.5 Å². The highest BCUT2D eigenvalue weighted by Crippen LogP contribution is 2.31. The second-order valence-corrected chi connectivity index (χ2v) is 4.76. The zero-order valence-corrected chi connectivity index (χ0v) is 9.99. The fraction of sp³-hybridized carbons (Fsp3) is 0.583. The molecule has 14 heavy (non-hydrogen) atoms. The van der Waals surface area contributed by atoms with Crippen molar-refractivity contribution in [3.8, 4) is 0 Å². The molecule has 1 aromatic rings. The SMILES string of the molecule is CCC(CCC(C)=O)c1sccc1C. The number of thiophene rings is 1. The van der Waals surface area contributed by atoms with E-state index in [1.165, 1.54) is 10.4 Å². The van der Waals surface area contributed by atoms with Crippen molar-refractivity contribution in [2.75, 3.05) is 0 Å². The summed E-state index contributed by atoms with van der Waals surface area (Å²) in [6.45, 7) is 6.03. The van der Waals surface area contributed by atoms with Gasteiger partial charge in [0.05, 0.1) is 0 Å². The van der Waals surface area contributed by atoms with Crippen LogP contribution >= 0.6 is 11.3 Å². The van der Waals surface area contributed by atoms with Gasteiger partial charge in [-0.1, -0.05) is 6.92 Å². The summed E-state index contributed by atoms with van der Waals surface area (Å²) in [4.78, 5) is 12.4. The molecule has 0 fully saturated rings. The highest BCUT2D eigenvalue weighted by Gasteiger charge is 2.13. The quantitative estimate of drug-likeness (QED) is 0.720. The average Bonchev–Trinajstić information content (AvgIpc) is 2.53. The lowest BCUT2D eigenvalue weighted by Gasteiger charge is -2.13. The van der Waals surface area contributed by atoms with Crippen LogP contribution in [0.3, 0.4) is 0 Å². The van der Waals surface area contributed by atoms with Gasteiger partial charge in [-0.3, -0.25) is 0 Å². The summed E-state index contributed by atoms with van der Waals surface area (Å²) < 4.78 is 0. The Kier molecular flexibility index (Phi) is 4.33. The Balaban J connectivity index is 2.63. The second kappa shape index (κ2) is 5.30. The smallest absolute Gasteiger partial charge is 0.129 e. The van der Waals surface area contributed by atoms with Crippen molar-refractivity contribution in [2.45, 2.75) is 46.0 Å². The molecule has 0 aromatic carbocycles. The maximum absolute atomic E-state index is 10.9. The zero-order valence-electron chi connectivity index (χ0n) is 9.17. The Morgan fingerprint density at radius 1 is 1.57 bits per heavy atom. The molecule has 0 aliphatic carbocycles. The van der Waals surface area contributed by atoms with Crippen molar-refractivity contribution in [1.29, 1.82) is 0 Å². The minimum Gasteiger partial charge on any atom is -0.300 e. The van der Waals surface area contributed by atoms with Gasteiger partial charge in [0.25, 0.3) is 0 Å². The van der Waals surface area contributed by atoms with E-state index in [0.29, 0.717) is 11.7 Å². The van der Waals surface area contributed by atoms with Crippen LogP contribution in [-0.2, 0) is 4.79 Å². The fourth-order valence-corrected chi connectivity index (χ4v) is 2.85. The molecule has 0 spiro atoms. The third-order valence-electron chi connectivity index (χ3n) is 2.61. The molecule has 0 bridgehead atoms. The maximum atomic E-state index is 10.9. The van der Waals surface area contributed by atoms with E-state index in [1.54, 1.807) is 6.92 Å². The van der Waals surface area contributed by atoms with Gasteiger partial charge in [0, 0.05) is 11.3 Å². The van der Waals surface area contributed by atoms with Crippen molar-refractivity contribution in [2.24, 2.45) is 0 Å². The molecule has 1 atom stereocenters. The van der Waals surface area contributed by atoms with Crippen LogP contribution in [-0.4, -0.2) is 5.78 Å². The van der Waals surface area contributed by atoms with Crippen LogP contribution in [0.4, 0.5) is 0 Å². The molecule has 1 unspecified atom stereocenters. The summed E-state index contributed by atoms with van der Waals surface area (Å²) in [5.74, 6) is 0.886. The third kappa shape index (κ3) is 2.95. The van der Waals surface area contributed by atoms with Crippen LogP contribution in [0.15, 0.2) is 11.4 Å². The lowest BCUT2D eigenvalue weighted by molar-refractivity contribution is -0.117. The molecule has 0 saturated carbocycles. The Morgan fingerprint density at radius 3 is 2.71 bits per heavy atom. The van der Waals surface area contributed by atoms with Gasteiger partial charge in [-0.15, -0.1) is 11.3 Å². The van der Waals surface area contributed by atoms with E-state index in [4.69, 9.17) is 0 Å². The summed E-state index contributed by atoms with van der Waals surface area (Å²) in [7, 11) is 0. The van der Waals surface area contributed by atoms with Gasteiger partial charge in [0.2, 0.25) is 0 Å². The van der Waals surface area contributed by atoms with Crippen molar-refractivity contribution in [3.05, 3.63) is 21.9 Å². The normalized spacial score (nSPS) is 12.8. The lowest BCUT2D eigenvalue weighted by atomic mass is 9.95. The summed E-state index contributed by atoms with van der Waals surface area (Å²) >= 11 is 1.82.